The number of esters is 6. The summed E-state index contributed by atoms with van der Waals surface area (Å²) < 4.78 is 51.0. The summed E-state index contributed by atoms with van der Waals surface area (Å²) in [4.78, 5) is 101. The van der Waals surface area contributed by atoms with Gasteiger partial charge in [-0.3, -0.25) is 14.7 Å². The van der Waals surface area contributed by atoms with Gasteiger partial charge in [-0.15, -0.1) is 0 Å². The molecule has 0 bridgehead atoms. The van der Waals surface area contributed by atoms with Crippen molar-refractivity contribution < 1.29 is 70.4 Å². The summed E-state index contributed by atoms with van der Waals surface area (Å²) in [6, 6.07) is 10.3. The molecule has 0 spiro atoms. The van der Waals surface area contributed by atoms with Crippen molar-refractivity contribution in [2.24, 2.45) is 0 Å². The standard InChI is InChI=1S/C60H72N6O15/c1-13-73-55(67)46-28-40(52-34(7)49(37(10)79-52)58(70)76-16-4)25-43(61-46)31-64-19-21-65(32-44-26-41(29-47(62-44)56(68)74-14-2)53-35(8)50(38(11)80-53)59(71)77-17-5)23-24-66(22-20-64)33-45-27-42(30-48(63-45)57(69)75-15-3)54-36(9)51(39(12)81-54)60(72)78-18-6/h25-30H,13-24,31-33H2,1-12H3. The number of carbonyl (C=O) groups is 6. The molecule has 432 valence electrons. The highest BCUT2D eigenvalue weighted by molar-refractivity contribution is 5.97. The second-order valence-corrected chi connectivity index (χ2v) is 19.3. The van der Waals surface area contributed by atoms with Crippen molar-refractivity contribution in [3.8, 4) is 34.0 Å². The van der Waals surface area contributed by atoms with E-state index in [0.29, 0.717) is 141 Å². The molecule has 0 aliphatic carbocycles. The van der Waals surface area contributed by atoms with Crippen LogP contribution in [0.1, 0.15) is 155 Å². The lowest BCUT2D eigenvalue weighted by atomic mass is 10.0. The minimum absolute atomic E-state index is 0.0578. The van der Waals surface area contributed by atoms with Gasteiger partial charge in [-0.25, -0.2) is 43.7 Å². The minimum atomic E-state index is -0.628. The van der Waals surface area contributed by atoms with E-state index >= 15 is 0 Å². The first kappa shape index (κ1) is 60.6. The molecular weight excluding hydrogens is 1040 g/mol. The topological polar surface area (TPSA) is 246 Å². The fourth-order valence-corrected chi connectivity index (χ4v) is 9.98. The Balaban J connectivity index is 1.30. The van der Waals surface area contributed by atoms with Crippen LogP contribution in [0, 0.1) is 41.5 Å². The Bertz CT molecular complexity index is 2940. The molecule has 6 aromatic rings. The summed E-state index contributed by atoms with van der Waals surface area (Å²) >= 11 is 0. The molecule has 81 heavy (non-hydrogen) atoms. The van der Waals surface area contributed by atoms with E-state index in [9.17, 15) is 28.8 Å². The van der Waals surface area contributed by atoms with Gasteiger partial charge in [0, 0.05) is 92.3 Å². The fraction of sp³-hybridized carbons (Fsp3) is 0.450. The molecule has 1 fully saturated rings. The largest absolute Gasteiger partial charge is 0.462 e. The molecule has 0 N–H and O–H groups in total. The van der Waals surface area contributed by atoms with Crippen molar-refractivity contribution in [2.75, 3.05) is 78.9 Å². The molecule has 21 nitrogen and oxygen atoms in total. The lowest BCUT2D eigenvalue weighted by molar-refractivity contribution is 0.0509. The normalized spacial score (nSPS) is 13.5. The number of rotatable bonds is 21. The van der Waals surface area contributed by atoms with Crippen LogP contribution in [0.3, 0.4) is 0 Å². The summed E-state index contributed by atoms with van der Waals surface area (Å²) in [6.45, 7) is 25.3. The molecule has 6 aromatic heterocycles. The first-order valence-electron chi connectivity index (χ1n) is 27.4. The maximum Gasteiger partial charge on any atom is 0.356 e. The molecule has 7 rings (SSSR count). The van der Waals surface area contributed by atoms with Crippen molar-refractivity contribution in [1.29, 1.82) is 0 Å². The number of ether oxygens (including phenoxy) is 6. The maximum absolute atomic E-state index is 13.5. The Morgan fingerprint density at radius 2 is 0.593 bits per heavy atom. The van der Waals surface area contributed by atoms with Gasteiger partial charge in [0.25, 0.3) is 0 Å². The Hall–Kier alpha value is -8.01. The van der Waals surface area contributed by atoms with E-state index in [0.717, 1.165) is 0 Å². The van der Waals surface area contributed by atoms with Gasteiger partial charge in [0.15, 0.2) is 0 Å². The van der Waals surface area contributed by atoms with Gasteiger partial charge in [-0.05, 0) is 119 Å². The third-order valence-corrected chi connectivity index (χ3v) is 13.6. The summed E-state index contributed by atoms with van der Waals surface area (Å²) in [5.41, 5.74) is 5.87. The molecule has 21 heteroatoms. The number of furan rings is 3. The second kappa shape index (κ2) is 27.4. The lowest BCUT2D eigenvalue weighted by Gasteiger charge is -2.26. The van der Waals surface area contributed by atoms with Gasteiger partial charge in [0.05, 0.1) is 56.7 Å². The summed E-state index contributed by atoms with van der Waals surface area (Å²) in [6.07, 6.45) is 0. The number of hydrogen-bond acceptors (Lipinski definition) is 21. The SMILES string of the molecule is CCOC(=O)c1cc(-c2oc(C)c(C(=O)OCC)c2C)cc(CN2CCN(Cc3cc(-c4oc(C)c(C(=O)OCC)c4C)cc(C(=O)OCC)n3)CCN(Cc3cc(-c4oc(C)c(C(=O)OCC)c4C)cc(C(=O)OCC)n3)CC2)n1. The Kier molecular flexibility index (Phi) is 20.5. The van der Waals surface area contributed by atoms with Crippen LogP contribution in [0.5, 0.6) is 0 Å². The van der Waals surface area contributed by atoms with Crippen LogP contribution in [0.2, 0.25) is 0 Å². The first-order valence-corrected chi connectivity index (χ1v) is 27.4. The molecule has 0 amide bonds. The maximum atomic E-state index is 13.5. The van der Waals surface area contributed by atoms with Crippen LogP contribution < -0.4 is 0 Å². The van der Waals surface area contributed by atoms with E-state index in [1.807, 2.05) is 18.2 Å². The highest BCUT2D eigenvalue weighted by Crippen LogP contribution is 2.36. The van der Waals surface area contributed by atoms with Crippen molar-refractivity contribution in [3.05, 3.63) is 121 Å². The van der Waals surface area contributed by atoms with Gasteiger partial charge in [-0.1, -0.05) is 0 Å². The van der Waals surface area contributed by atoms with E-state index in [4.69, 9.17) is 56.6 Å². The predicted molar refractivity (Wildman–Crippen MR) is 296 cm³/mol. The zero-order valence-corrected chi connectivity index (χ0v) is 48.4. The highest BCUT2D eigenvalue weighted by Gasteiger charge is 2.29. The lowest BCUT2D eigenvalue weighted by Crippen LogP contribution is -2.36. The monoisotopic (exact) mass is 1120 g/mol. The number of carbonyl (C=O) groups excluding carboxylic acids is 6. The van der Waals surface area contributed by atoms with Gasteiger partial charge in [0.2, 0.25) is 0 Å². The van der Waals surface area contributed by atoms with E-state index in [1.165, 1.54) is 0 Å². The second-order valence-electron chi connectivity index (χ2n) is 19.3. The number of hydrogen-bond donors (Lipinski definition) is 0. The number of pyridine rings is 3. The molecule has 0 atom stereocenters. The number of nitrogens with zero attached hydrogens (tertiary/aromatic N) is 6. The van der Waals surface area contributed by atoms with Crippen LogP contribution in [0.4, 0.5) is 0 Å². The molecule has 0 radical (unpaired) electrons. The smallest absolute Gasteiger partial charge is 0.356 e. The third kappa shape index (κ3) is 14.3. The Morgan fingerprint density at radius 3 is 0.815 bits per heavy atom. The molecule has 0 unspecified atom stereocenters. The van der Waals surface area contributed by atoms with E-state index < -0.39 is 35.8 Å². The predicted octanol–water partition coefficient (Wildman–Crippen LogP) is 9.38. The van der Waals surface area contributed by atoms with Crippen molar-refractivity contribution >= 4 is 35.8 Å². The molecule has 1 aliphatic rings. The van der Waals surface area contributed by atoms with E-state index in [-0.39, 0.29) is 76.4 Å². The van der Waals surface area contributed by atoms with Crippen molar-refractivity contribution in [2.45, 2.75) is 103 Å². The molecule has 0 saturated carbocycles. The van der Waals surface area contributed by atoms with E-state index in [1.54, 1.807) is 101 Å². The molecule has 0 aromatic carbocycles. The number of aryl methyl sites for hydroxylation is 3. The van der Waals surface area contributed by atoms with Crippen LogP contribution >= 0.6 is 0 Å². The molecule has 1 saturated heterocycles. The van der Waals surface area contributed by atoms with Crippen molar-refractivity contribution in [1.82, 2.24) is 29.7 Å². The molecular formula is C60H72N6O15. The van der Waals surface area contributed by atoms with Crippen LogP contribution in [0.15, 0.2) is 49.6 Å². The number of aromatic nitrogens is 3. The average molecular weight is 1120 g/mol. The Labute approximate surface area is 471 Å². The zero-order chi connectivity index (χ0) is 58.7. The quantitative estimate of drug-likeness (QED) is 0.0481. The van der Waals surface area contributed by atoms with Gasteiger partial charge in [-0.2, -0.15) is 0 Å². The van der Waals surface area contributed by atoms with Gasteiger partial charge in [0.1, 0.15) is 68.3 Å². The van der Waals surface area contributed by atoms with Gasteiger partial charge < -0.3 is 41.7 Å². The van der Waals surface area contributed by atoms with E-state index in [2.05, 4.69) is 14.7 Å². The van der Waals surface area contributed by atoms with Crippen LogP contribution in [-0.2, 0) is 48.1 Å². The van der Waals surface area contributed by atoms with Gasteiger partial charge >= 0.3 is 35.8 Å². The fourth-order valence-electron chi connectivity index (χ4n) is 9.98. The minimum Gasteiger partial charge on any atom is -0.462 e. The van der Waals surface area contributed by atoms with Crippen molar-refractivity contribution in [3.63, 3.8) is 0 Å². The Morgan fingerprint density at radius 1 is 0.370 bits per heavy atom. The van der Waals surface area contributed by atoms with Crippen LogP contribution in [-0.4, -0.2) is 144 Å². The zero-order valence-electron chi connectivity index (χ0n) is 48.4. The van der Waals surface area contributed by atoms with Crippen LogP contribution in [0.25, 0.3) is 34.0 Å². The summed E-state index contributed by atoms with van der Waals surface area (Å²) in [7, 11) is 0. The summed E-state index contributed by atoms with van der Waals surface area (Å²) in [5.74, 6) is -1.18. The summed E-state index contributed by atoms with van der Waals surface area (Å²) in [5, 5.41) is 0. The third-order valence-electron chi connectivity index (χ3n) is 13.6. The average Bonchev–Trinajstić information content (AvgIpc) is 4.25. The molecule has 7 heterocycles. The first-order chi connectivity index (χ1) is 38.8. The highest BCUT2D eigenvalue weighted by atomic mass is 16.6. The molecule has 1 aliphatic heterocycles.